The number of fused-ring (bicyclic) bond motifs is 1. The molecule has 0 spiro atoms. The second kappa shape index (κ2) is 6.15. The van der Waals surface area contributed by atoms with Crippen molar-refractivity contribution in [2.24, 2.45) is 0 Å². The van der Waals surface area contributed by atoms with E-state index in [1.165, 1.54) is 0 Å². The number of amides is 1. The molecule has 0 saturated heterocycles. The van der Waals surface area contributed by atoms with Gasteiger partial charge in [-0.2, -0.15) is 11.3 Å². The van der Waals surface area contributed by atoms with E-state index in [1.807, 2.05) is 16.8 Å². The SMILES string of the molecule is O=C(NCC[C@H](O)c1ccsc1)c1ccc2c(c1)OCO2. The van der Waals surface area contributed by atoms with Crippen molar-refractivity contribution in [3.8, 4) is 11.5 Å². The molecule has 6 heteroatoms. The fourth-order valence-corrected chi connectivity index (χ4v) is 2.80. The molecule has 1 aliphatic rings. The van der Waals surface area contributed by atoms with Gasteiger partial charge in [0.2, 0.25) is 6.79 Å². The summed E-state index contributed by atoms with van der Waals surface area (Å²) in [5.74, 6) is 1.05. The van der Waals surface area contributed by atoms with Crippen LogP contribution in [0.1, 0.15) is 28.4 Å². The maximum Gasteiger partial charge on any atom is 0.251 e. The van der Waals surface area contributed by atoms with E-state index in [1.54, 1.807) is 29.5 Å². The van der Waals surface area contributed by atoms with Crippen LogP contribution in [0.15, 0.2) is 35.0 Å². The van der Waals surface area contributed by atoms with Gasteiger partial charge in [-0.25, -0.2) is 0 Å². The van der Waals surface area contributed by atoms with Crippen molar-refractivity contribution in [3.63, 3.8) is 0 Å². The Bertz CT molecular complexity index is 627. The van der Waals surface area contributed by atoms with Crippen LogP contribution in [0.2, 0.25) is 0 Å². The lowest BCUT2D eigenvalue weighted by Gasteiger charge is -2.10. The summed E-state index contributed by atoms with van der Waals surface area (Å²) in [4.78, 5) is 12.0. The highest BCUT2D eigenvalue weighted by Gasteiger charge is 2.16. The minimum absolute atomic E-state index is 0.188. The normalized spacial score (nSPS) is 14.0. The number of thiophene rings is 1. The molecule has 2 heterocycles. The van der Waals surface area contributed by atoms with Crippen molar-refractivity contribution in [2.75, 3.05) is 13.3 Å². The number of ether oxygens (including phenoxy) is 2. The third kappa shape index (κ3) is 3.17. The van der Waals surface area contributed by atoms with Gasteiger partial charge in [-0.05, 0) is 47.0 Å². The summed E-state index contributed by atoms with van der Waals surface area (Å²) in [6.07, 6.45) is -0.0687. The highest BCUT2D eigenvalue weighted by Crippen LogP contribution is 2.32. The van der Waals surface area contributed by atoms with Gasteiger partial charge in [0, 0.05) is 12.1 Å². The summed E-state index contributed by atoms with van der Waals surface area (Å²) in [6.45, 7) is 0.595. The van der Waals surface area contributed by atoms with Gasteiger partial charge in [0.1, 0.15) is 0 Å². The van der Waals surface area contributed by atoms with Crippen molar-refractivity contribution < 1.29 is 19.4 Å². The Morgan fingerprint density at radius 3 is 3.00 bits per heavy atom. The van der Waals surface area contributed by atoms with Crippen molar-refractivity contribution >= 4 is 17.2 Å². The summed E-state index contributed by atoms with van der Waals surface area (Å²) in [5.41, 5.74) is 1.40. The molecule has 1 aliphatic heterocycles. The Hall–Kier alpha value is -2.05. The number of benzene rings is 1. The largest absolute Gasteiger partial charge is 0.454 e. The Kier molecular flexibility index (Phi) is 4.08. The predicted octanol–water partition coefficient (Wildman–Crippen LogP) is 2.33. The lowest BCUT2D eigenvalue weighted by atomic mass is 10.1. The molecule has 0 unspecified atom stereocenters. The van der Waals surface area contributed by atoms with E-state index < -0.39 is 6.10 Å². The van der Waals surface area contributed by atoms with Crippen LogP contribution in [0.5, 0.6) is 11.5 Å². The van der Waals surface area contributed by atoms with Gasteiger partial charge in [0.05, 0.1) is 6.10 Å². The van der Waals surface area contributed by atoms with E-state index in [4.69, 9.17) is 9.47 Å². The van der Waals surface area contributed by atoms with Crippen molar-refractivity contribution in [1.29, 1.82) is 0 Å². The molecule has 5 nitrogen and oxygen atoms in total. The summed E-state index contributed by atoms with van der Waals surface area (Å²) in [5, 5.41) is 16.6. The minimum atomic E-state index is -0.548. The molecule has 1 amide bonds. The molecule has 1 atom stereocenters. The van der Waals surface area contributed by atoms with Crippen LogP contribution >= 0.6 is 11.3 Å². The highest BCUT2D eigenvalue weighted by molar-refractivity contribution is 7.07. The second-order valence-electron chi connectivity index (χ2n) is 4.69. The first-order valence-corrected chi connectivity index (χ1v) is 7.56. The highest BCUT2D eigenvalue weighted by atomic mass is 32.1. The average Bonchev–Trinajstić information content (AvgIpc) is 3.17. The first-order chi connectivity index (χ1) is 10.2. The van der Waals surface area contributed by atoms with Crippen LogP contribution in [-0.4, -0.2) is 24.4 Å². The average molecular weight is 305 g/mol. The number of hydrogen-bond acceptors (Lipinski definition) is 5. The van der Waals surface area contributed by atoms with E-state index in [0.29, 0.717) is 30.0 Å². The van der Waals surface area contributed by atoms with E-state index >= 15 is 0 Å². The smallest absolute Gasteiger partial charge is 0.251 e. The number of hydrogen-bond donors (Lipinski definition) is 2. The standard InChI is InChI=1S/C15H15NO4S/c17-12(11-4-6-21-8-11)3-5-16-15(18)10-1-2-13-14(7-10)20-9-19-13/h1-2,4,6-8,12,17H,3,5,9H2,(H,16,18)/t12-/m0/s1. The summed E-state index contributed by atoms with van der Waals surface area (Å²) in [7, 11) is 0. The van der Waals surface area contributed by atoms with Gasteiger partial charge in [-0.3, -0.25) is 4.79 Å². The van der Waals surface area contributed by atoms with E-state index in [0.717, 1.165) is 5.56 Å². The number of nitrogens with one attached hydrogen (secondary N) is 1. The molecular formula is C15H15NO4S. The monoisotopic (exact) mass is 305 g/mol. The molecule has 0 fully saturated rings. The number of aliphatic hydroxyl groups excluding tert-OH is 1. The topological polar surface area (TPSA) is 67.8 Å². The molecule has 0 aliphatic carbocycles. The number of rotatable bonds is 5. The van der Waals surface area contributed by atoms with Crippen LogP contribution in [0.4, 0.5) is 0 Å². The van der Waals surface area contributed by atoms with Crippen LogP contribution in [-0.2, 0) is 0 Å². The maximum atomic E-state index is 12.0. The Balaban J connectivity index is 1.52. The van der Waals surface area contributed by atoms with Crippen LogP contribution < -0.4 is 14.8 Å². The molecule has 1 aromatic carbocycles. The first kappa shape index (κ1) is 13.9. The van der Waals surface area contributed by atoms with Gasteiger partial charge in [-0.15, -0.1) is 0 Å². The molecule has 1 aromatic heterocycles. The van der Waals surface area contributed by atoms with Crippen molar-refractivity contribution in [3.05, 3.63) is 46.2 Å². The zero-order chi connectivity index (χ0) is 14.7. The summed E-state index contributed by atoms with van der Waals surface area (Å²) < 4.78 is 10.4. The zero-order valence-corrected chi connectivity index (χ0v) is 12.1. The molecule has 0 bridgehead atoms. The maximum absolute atomic E-state index is 12.0. The van der Waals surface area contributed by atoms with Crippen LogP contribution in [0.25, 0.3) is 0 Å². The van der Waals surface area contributed by atoms with Crippen molar-refractivity contribution in [1.82, 2.24) is 5.32 Å². The van der Waals surface area contributed by atoms with Crippen molar-refractivity contribution in [2.45, 2.75) is 12.5 Å². The predicted molar refractivity (Wildman–Crippen MR) is 78.8 cm³/mol. The summed E-state index contributed by atoms with van der Waals surface area (Å²) >= 11 is 1.54. The molecular weight excluding hydrogens is 290 g/mol. The Morgan fingerprint density at radius 1 is 1.33 bits per heavy atom. The van der Waals surface area contributed by atoms with E-state index in [-0.39, 0.29) is 12.7 Å². The summed E-state index contributed by atoms with van der Waals surface area (Å²) in [6, 6.07) is 6.96. The third-order valence-electron chi connectivity index (χ3n) is 3.27. The molecule has 0 radical (unpaired) electrons. The van der Waals surface area contributed by atoms with E-state index in [2.05, 4.69) is 5.32 Å². The molecule has 3 rings (SSSR count). The number of carbonyl (C=O) groups is 1. The van der Waals surface area contributed by atoms with Gasteiger partial charge >= 0.3 is 0 Å². The molecule has 2 N–H and O–H groups in total. The lowest BCUT2D eigenvalue weighted by Crippen LogP contribution is -2.25. The Morgan fingerprint density at radius 2 is 2.19 bits per heavy atom. The fourth-order valence-electron chi connectivity index (χ4n) is 2.09. The molecule has 21 heavy (non-hydrogen) atoms. The van der Waals surface area contributed by atoms with Gasteiger partial charge < -0.3 is 19.9 Å². The molecule has 110 valence electrons. The van der Waals surface area contributed by atoms with Gasteiger partial charge in [-0.1, -0.05) is 0 Å². The van der Waals surface area contributed by atoms with E-state index in [9.17, 15) is 9.90 Å². The first-order valence-electron chi connectivity index (χ1n) is 6.62. The molecule has 2 aromatic rings. The van der Waals surface area contributed by atoms with Crippen LogP contribution in [0.3, 0.4) is 0 Å². The molecule has 0 saturated carbocycles. The minimum Gasteiger partial charge on any atom is -0.454 e. The number of carbonyl (C=O) groups excluding carboxylic acids is 1. The second-order valence-corrected chi connectivity index (χ2v) is 5.47. The fraction of sp³-hybridized carbons (Fsp3) is 0.267. The van der Waals surface area contributed by atoms with Crippen LogP contribution in [0, 0.1) is 0 Å². The quantitative estimate of drug-likeness (QED) is 0.889. The third-order valence-corrected chi connectivity index (χ3v) is 3.97. The Labute approximate surface area is 126 Å². The van der Waals surface area contributed by atoms with Gasteiger partial charge in [0.15, 0.2) is 11.5 Å². The zero-order valence-electron chi connectivity index (χ0n) is 11.2. The van der Waals surface area contributed by atoms with Gasteiger partial charge in [0.25, 0.3) is 5.91 Å². The number of aliphatic hydroxyl groups is 1. The lowest BCUT2D eigenvalue weighted by molar-refractivity contribution is 0.0942.